The van der Waals surface area contributed by atoms with E-state index in [0.717, 1.165) is 6.42 Å². The summed E-state index contributed by atoms with van der Waals surface area (Å²) in [5.41, 5.74) is 0.576. The number of hydrogen-bond acceptors (Lipinski definition) is 4. The Balaban J connectivity index is 2.00. The van der Waals surface area contributed by atoms with Crippen LogP contribution in [0.15, 0.2) is 40.8 Å². The molecule has 0 aliphatic carbocycles. The summed E-state index contributed by atoms with van der Waals surface area (Å²) in [6.45, 7) is 1.13. The minimum Gasteiger partial charge on any atom is -0.491 e. The molecular weight excluding hydrogens is 294 g/mol. The molecule has 1 aromatic heterocycles. The lowest BCUT2D eigenvalue weighted by Gasteiger charge is -2.11. The number of anilines is 1. The summed E-state index contributed by atoms with van der Waals surface area (Å²) in [5, 5.41) is 2.90. The molecule has 0 bridgehead atoms. The lowest BCUT2D eigenvalue weighted by molar-refractivity contribution is 0.0996. The predicted molar refractivity (Wildman–Crippen MR) is 80.1 cm³/mol. The van der Waals surface area contributed by atoms with Crippen LogP contribution in [-0.2, 0) is 4.74 Å². The van der Waals surface area contributed by atoms with E-state index in [-0.39, 0.29) is 16.9 Å². The molecule has 2 rings (SSSR count). The van der Waals surface area contributed by atoms with Crippen LogP contribution in [0.1, 0.15) is 17.0 Å². The summed E-state index contributed by atoms with van der Waals surface area (Å²) in [6.07, 6.45) is 0.770. The fourth-order valence-electron chi connectivity index (χ4n) is 1.70. The van der Waals surface area contributed by atoms with Crippen LogP contribution in [-0.4, -0.2) is 26.2 Å². The monoisotopic (exact) mass is 309 g/mol. The van der Waals surface area contributed by atoms with Gasteiger partial charge in [-0.05, 0) is 35.9 Å². The molecule has 0 aliphatic rings. The number of carbonyl (C=O) groups is 1. The number of furan rings is 1. The molecule has 21 heavy (non-hydrogen) atoms. The fraction of sp³-hybridized carbons (Fsp3) is 0.267. The van der Waals surface area contributed by atoms with Crippen molar-refractivity contribution in [1.29, 1.82) is 0 Å². The van der Waals surface area contributed by atoms with Gasteiger partial charge in [0.25, 0.3) is 5.91 Å². The Labute approximate surface area is 127 Å². The molecule has 0 saturated heterocycles. The summed E-state index contributed by atoms with van der Waals surface area (Å²) < 4.78 is 15.7. The number of benzene rings is 1. The molecule has 1 amide bonds. The molecule has 0 fully saturated rings. The first kappa shape index (κ1) is 15.4. The molecule has 5 nitrogen and oxygen atoms in total. The zero-order valence-electron chi connectivity index (χ0n) is 11.6. The second-order valence-electron chi connectivity index (χ2n) is 4.25. The number of nitrogens with one attached hydrogen (secondary N) is 1. The van der Waals surface area contributed by atoms with Gasteiger partial charge in [-0.1, -0.05) is 12.1 Å². The topological polar surface area (TPSA) is 60.7 Å². The second kappa shape index (κ2) is 7.71. The summed E-state index contributed by atoms with van der Waals surface area (Å²) in [5.74, 6) is 0.364. The van der Waals surface area contributed by atoms with Crippen molar-refractivity contribution in [2.24, 2.45) is 0 Å². The van der Waals surface area contributed by atoms with Gasteiger partial charge in [-0.15, -0.1) is 0 Å². The van der Waals surface area contributed by atoms with Gasteiger partial charge < -0.3 is 19.2 Å². The van der Waals surface area contributed by atoms with Crippen molar-refractivity contribution in [2.75, 3.05) is 25.6 Å². The van der Waals surface area contributed by atoms with Gasteiger partial charge in [0, 0.05) is 20.1 Å². The maximum Gasteiger partial charge on any atom is 0.291 e. The third-order valence-corrected chi connectivity index (χ3v) is 2.89. The number of hydrogen-bond donors (Lipinski definition) is 1. The summed E-state index contributed by atoms with van der Waals surface area (Å²) in [7, 11) is 1.64. The van der Waals surface area contributed by atoms with E-state index in [9.17, 15) is 4.79 Å². The Morgan fingerprint density at radius 3 is 2.76 bits per heavy atom. The Bertz CT molecular complexity index is 597. The quantitative estimate of drug-likeness (QED) is 0.794. The van der Waals surface area contributed by atoms with E-state index >= 15 is 0 Å². The molecule has 0 unspecified atom stereocenters. The first-order valence-corrected chi connectivity index (χ1v) is 6.86. The van der Waals surface area contributed by atoms with E-state index in [1.165, 1.54) is 12.1 Å². The van der Waals surface area contributed by atoms with Gasteiger partial charge in [-0.3, -0.25) is 4.79 Å². The molecule has 1 N–H and O–H groups in total. The number of amides is 1. The van der Waals surface area contributed by atoms with E-state index in [1.54, 1.807) is 19.2 Å². The fourth-order valence-corrected chi connectivity index (χ4v) is 1.85. The lowest BCUT2D eigenvalue weighted by atomic mass is 10.3. The zero-order valence-corrected chi connectivity index (χ0v) is 12.4. The number of rotatable bonds is 7. The van der Waals surface area contributed by atoms with Gasteiger partial charge in [0.1, 0.15) is 5.75 Å². The van der Waals surface area contributed by atoms with Crippen LogP contribution in [0.5, 0.6) is 5.75 Å². The highest BCUT2D eigenvalue weighted by molar-refractivity contribution is 6.29. The molecule has 0 aliphatic heterocycles. The Kier molecular flexibility index (Phi) is 5.66. The van der Waals surface area contributed by atoms with E-state index in [2.05, 4.69) is 5.32 Å². The second-order valence-corrected chi connectivity index (χ2v) is 4.62. The molecule has 2 aromatic rings. The zero-order chi connectivity index (χ0) is 15.1. The Hall–Kier alpha value is -1.98. The van der Waals surface area contributed by atoms with Gasteiger partial charge in [0.2, 0.25) is 0 Å². The molecule has 112 valence electrons. The smallest absolute Gasteiger partial charge is 0.291 e. The number of para-hydroxylation sites is 2. The first-order valence-electron chi connectivity index (χ1n) is 6.48. The van der Waals surface area contributed by atoms with E-state index < -0.39 is 0 Å². The molecule has 1 heterocycles. The minimum absolute atomic E-state index is 0.147. The lowest BCUT2D eigenvalue weighted by Crippen LogP contribution is -2.12. The van der Waals surface area contributed by atoms with Crippen LogP contribution in [0.3, 0.4) is 0 Å². The van der Waals surface area contributed by atoms with Crippen LogP contribution >= 0.6 is 11.6 Å². The average Bonchev–Trinajstić information content (AvgIpc) is 2.92. The normalized spacial score (nSPS) is 10.4. The van der Waals surface area contributed by atoms with Gasteiger partial charge in [0.15, 0.2) is 11.0 Å². The van der Waals surface area contributed by atoms with E-state index in [0.29, 0.717) is 24.7 Å². The highest BCUT2D eigenvalue weighted by atomic mass is 35.5. The van der Waals surface area contributed by atoms with Crippen LogP contribution < -0.4 is 10.1 Å². The molecule has 0 atom stereocenters. The third-order valence-electron chi connectivity index (χ3n) is 2.68. The first-order chi connectivity index (χ1) is 10.2. The molecular formula is C15H16ClNO4. The van der Waals surface area contributed by atoms with Crippen LogP contribution in [0.2, 0.25) is 5.22 Å². The molecule has 0 spiro atoms. The highest BCUT2D eigenvalue weighted by Gasteiger charge is 2.13. The molecule has 0 radical (unpaired) electrons. The van der Waals surface area contributed by atoms with Crippen LogP contribution in [0.4, 0.5) is 5.69 Å². The number of ether oxygens (including phenoxy) is 2. The third kappa shape index (κ3) is 4.51. The van der Waals surface area contributed by atoms with Crippen molar-refractivity contribution in [3.63, 3.8) is 0 Å². The Morgan fingerprint density at radius 2 is 2.05 bits per heavy atom. The van der Waals surface area contributed by atoms with Gasteiger partial charge in [-0.2, -0.15) is 0 Å². The highest BCUT2D eigenvalue weighted by Crippen LogP contribution is 2.25. The average molecular weight is 310 g/mol. The number of halogens is 1. The summed E-state index contributed by atoms with van der Waals surface area (Å²) in [4.78, 5) is 12.0. The molecule has 6 heteroatoms. The SMILES string of the molecule is COCCCOc1ccccc1NC(=O)c1ccc(Cl)o1. The standard InChI is InChI=1S/C15H16ClNO4/c1-19-9-4-10-20-12-6-3-2-5-11(12)17-15(18)13-7-8-14(16)21-13/h2-3,5-8H,4,9-10H2,1H3,(H,17,18). The number of methoxy groups -OCH3 is 1. The molecule has 1 aromatic carbocycles. The summed E-state index contributed by atoms with van der Waals surface area (Å²) >= 11 is 5.65. The van der Waals surface area contributed by atoms with Gasteiger partial charge >= 0.3 is 0 Å². The Morgan fingerprint density at radius 1 is 1.24 bits per heavy atom. The maximum atomic E-state index is 12.0. The maximum absolute atomic E-state index is 12.0. The van der Waals surface area contributed by atoms with Gasteiger partial charge in [-0.25, -0.2) is 0 Å². The van der Waals surface area contributed by atoms with Gasteiger partial charge in [0.05, 0.1) is 12.3 Å². The van der Waals surface area contributed by atoms with Crippen LogP contribution in [0.25, 0.3) is 0 Å². The van der Waals surface area contributed by atoms with Crippen LogP contribution in [0, 0.1) is 0 Å². The molecule has 0 saturated carbocycles. The van der Waals surface area contributed by atoms with Crippen molar-refractivity contribution in [3.8, 4) is 5.75 Å². The van der Waals surface area contributed by atoms with E-state index in [1.807, 2.05) is 12.1 Å². The largest absolute Gasteiger partial charge is 0.491 e. The number of carbonyl (C=O) groups excluding carboxylic acids is 1. The predicted octanol–water partition coefficient (Wildman–Crippen LogP) is 3.60. The van der Waals surface area contributed by atoms with Crippen molar-refractivity contribution >= 4 is 23.2 Å². The minimum atomic E-state index is -0.380. The van der Waals surface area contributed by atoms with Crippen molar-refractivity contribution < 1.29 is 18.7 Å². The summed E-state index contributed by atoms with van der Waals surface area (Å²) in [6, 6.07) is 10.2. The van der Waals surface area contributed by atoms with Crippen molar-refractivity contribution in [1.82, 2.24) is 0 Å². The van der Waals surface area contributed by atoms with Crippen molar-refractivity contribution in [2.45, 2.75) is 6.42 Å². The van der Waals surface area contributed by atoms with Crippen molar-refractivity contribution in [3.05, 3.63) is 47.4 Å². The van der Waals surface area contributed by atoms with E-state index in [4.69, 9.17) is 25.5 Å².